The standard InChI is InChI=1S/C10H6N8S/c1-2-13-14-6(1)9-17-18-8(15-16-10(18)19-9)7-5-11-3-4-12-7/h1-5H,(H,13,14). The van der Waals surface area contributed by atoms with Crippen molar-refractivity contribution in [2.75, 3.05) is 0 Å². The molecule has 0 unspecified atom stereocenters. The molecule has 0 aliphatic heterocycles. The second-order valence-electron chi connectivity index (χ2n) is 3.69. The van der Waals surface area contributed by atoms with E-state index in [1.165, 1.54) is 11.3 Å². The smallest absolute Gasteiger partial charge is 0.235 e. The van der Waals surface area contributed by atoms with Gasteiger partial charge in [-0.2, -0.15) is 14.7 Å². The highest BCUT2D eigenvalue weighted by Crippen LogP contribution is 2.25. The molecule has 8 nitrogen and oxygen atoms in total. The van der Waals surface area contributed by atoms with Gasteiger partial charge in [0.25, 0.3) is 0 Å². The Hall–Kier alpha value is -2.68. The van der Waals surface area contributed by atoms with Gasteiger partial charge in [0.15, 0.2) is 5.01 Å². The van der Waals surface area contributed by atoms with Crippen LogP contribution in [-0.4, -0.2) is 40.0 Å². The molecule has 0 saturated heterocycles. The molecule has 19 heavy (non-hydrogen) atoms. The molecule has 0 aliphatic carbocycles. The van der Waals surface area contributed by atoms with E-state index in [1.54, 1.807) is 29.3 Å². The summed E-state index contributed by atoms with van der Waals surface area (Å²) in [6.45, 7) is 0. The molecule has 92 valence electrons. The Morgan fingerprint density at radius 2 is 2.16 bits per heavy atom. The van der Waals surface area contributed by atoms with Gasteiger partial charge in [0.2, 0.25) is 10.8 Å². The first-order valence-corrected chi connectivity index (χ1v) is 6.22. The normalized spacial score (nSPS) is 11.2. The minimum absolute atomic E-state index is 0.574. The molecule has 0 atom stereocenters. The summed E-state index contributed by atoms with van der Waals surface area (Å²) in [5, 5.41) is 20.2. The quantitative estimate of drug-likeness (QED) is 0.584. The second kappa shape index (κ2) is 3.92. The molecule has 4 aromatic heterocycles. The van der Waals surface area contributed by atoms with Crippen molar-refractivity contribution in [3.8, 4) is 22.2 Å². The van der Waals surface area contributed by atoms with Crippen molar-refractivity contribution in [3.05, 3.63) is 30.9 Å². The minimum Gasteiger partial charge on any atom is -0.275 e. The zero-order valence-electron chi connectivity index (χ0n) is 9.43. The summed E-state index contributed by atoms with van der Waals surface area (Å²) in [6.07, 6.45) is 6.53. The van der Waals surface area contributed by atoms with E-state index < -0.39 is 0 Å². The zero-order chi connectivity index (χ0) is 12.7. The van der Waals surface area contributed by atoms with Crippen LogP contribution in [0.1, 0.15) is 0 Å². The maximum atomic E-state index is 4.46. The summed E-state index contributed by atoms with van der Waals surface area (Å²) in [7, 11) is 0. The van der Waals surface area contributed by atoms with Crippen LogP contribution in [0.5, 0.6) is 0 Å². The number of hydrogen-bond acceptors (Lipinski definition) is 7. The number of nitrogens with zero attached hydrogens (tertiary/aromatic N) is 7. The van der Waals surface area contributed by atoms with Crippen LogP contribution in [0.15, 0.2) is 30.9 Å². The molecule has 0 aromatic carbocycles. The van der Waals surface area contributed by atoms with Gasteiger partial charge in [0, 0.05) is 18.6 Å². The fourth-order valence-corrected chi connectivity index (χ4v) is 2.49. The van der Waals surface area contributed by atoms with E-state index in [2.05, 4.69) is 35.5 Å². The van der Waals surface area contributed by atoms with Gasteiger partial charge in [0.1, 0.15) is 5.69 Å². The number of hydrogen-bond donors (Lipinski definition) is 1. The van der Waals surface area contributed by atoms with Crippen LogP contribution in [0.3, 0.4) is 0 Å². The van der Waals surface area contributed by atoms with Crippen LogP contribution in [-0.2, 0) is 0 Å². The average Bonchev–Trinajstić information content (AvgIpc) is 3.15. The van der Waals surface area contributed by atoms with Gasteiger partial charge in [-0.25, -0.2) is 4.98 Å². The van der Waals surface area contributed by atoms with Crippen molar-refractivity contribution in [1.29, 1.82) is 0 Å². The van der Waals surface area contributed by atoms with E-state index >= 15 is 0 Å². The van der Waals surface area contributed by atoms with Crippen LogP contribution < -0.4 is 0 Å². The Kier molecular flexibility index (Phi) is 2.12. The lowest BCUT2D eigenvalue weighted by Crippen LogP contribution is -1.93. The molecule has 0 fully saturated rings. The van der Waals surface area contributed by atoms with Gasteiger partial charge in [-0.05, 0) is 6.07 Å². The Labute approximate surface area is 110 Å². The monoisotopic (exact) mass is 270 g/mol. The van der Waals surface area contributed by atoms with E-state index in [0.717, 1.165) is 10.7 Å². The second-order valence-corrected chi connectivity index (χ2v) is 4.64. The van der Waals surface area contributed by atoms with Crippen molar-refractivity contribution in [1.82, 2.24) is 40.0 Å². The van der Waals surface area contributed by atoms with E-state index in [0.29, 0.717) is 16.5 Å². The predicted octanol–water partition coefficient (Wildman–Crippen LogP) is 1.03. The maximum Gasteiger partial charge on any atom is 0.235 e. The Morgan fingerprint density at radius 3 is 2.95 bits per heavy atom. The van der Waals surface area contributed by atoms with E-state index in [-0.39, 0.29) is 0 Å². The molecule has 0 saturated carbocycles. The van der Waals surface area contributed by atoms with Crippen molar-refractivity contribution in [2.24, 2.45) is 0 Å². The van der Waals surface area contributed by atoms with Gasteiger partial charge in [0.05, 0.1) is 11.9 Å². The molecular weight excluding hydrogens is 264 g/mol. The Bertz CT molecular complexity index is 816. The Balaban J connectivity index is 1.90. The summed E-state index contributed by atoms with van der Waals surface area (Å²) in [5.41, 5.74) is 1.48. The maximum absolute atomic E-state index is 4.46. The average molecular weight is 270 g/mol. The summed E-state index contributed by atoms with van der Waals surface area (Å²) in [5.74, 6) is 0.574. The van der Waals surface area contributed by atoms with E-state index in [1.807, 2.05) is 6.07 Å². The number of nitrogens with one attached hydrogen (secondary N) is 1. The largest absolute Gasteiger partial charge is 0.275 e. The highest BCUT2D eigenvalue weighted by molar-refractivity contribution is 7.19. The Morgan fingerprint density at radius 1 is 1.16 bits per heavy atom. The highest BCUT2D eigenvalue weighted by atomic mass is 32.1. The molecule has 1 N–H and O–H groups in total. The van der Waals surface area contributed by atoms with Crippen molar-refractivity contribution < 1.29 is 0 Å². The number of H-pyrrole nitrogens is 1. The molecule has 0 aliphatic rings. The zero-order valence-corrected chi connectivity index (χ0v) is 10.2. The fraction of sp³-hybridized carbons (Fsp3) is 0. The fourth-order valence-electron chi connectivity index (χ4n) is 1.68. The summed E-state index contributed by atoms with van der Waals surface area (Å²) in [6, 6.07) is 1.85. The topological polar surface area (TPSA) is 97.5 Å². The van der Waals surface area contributed by atoms with E-state index in [4.69, 9.17) is 0 Å². The van der Waals surface area contributed by atoms with E-state index in [9.17, 15) is 0 Å². The SMILES string of the molecule is c1cnc(-c2nnc3sc(-c4ccn[nH]4)nn23)cn1. The molecule has 0 amide bonds. The molecule has 4 rings (SSSR count). The lowest BCUT2D eigenvalue weighted by molar-refractivity contribution is 0.952. The molecule has 9 heteroatoms. The van der Waals surface area contributed by atoms with Gasteiger partial charge in [-0.15, -0.1) is 10.2 Å². The van der Waals surface area contributed by atoms with Crippen LogP contribution in [0, 0.1) is 0 Å². The number of fused-ring (bicyclic) bond motifs is 1. The number of aromatic amines is 1. The molecule has 4 heterocycles. The summed E-state index contributed by atoms with van der Waals surface area (Å²) >= 11 is 1.43. The van der Waals surface area contributed by atoms with Gasteiger partial charge < -0.3 is 0 Å². The molecular formula is C10H6N8S. The summed E-state index contributed by atoms with van der Waals surface area (Å²) < 4.78 is 1.66. The minimum atomic E-state index is 0.574. The third-order valence-electron chi connectivity index (χ3n) is 2.51. The first kappa shape index (κ1) is 10.3. The van der Waals surface area contributed by atoms with Crippen molar-refractivity contribution in [3.63, 3.8) is 0 Å². The predicted molar refractivity (Wildman–Crippen MR) is 67.3 cm³/mol. The molecule has 0 spiro atoms. The van der Waals surface area contributed by atoms with Gasteiger partial charge in [-0.1, -0.05) is 11.3 Å². The third kappa shape index (κ3) is 1.59. The lowest BCUT2D eigenvalue weighted by Gasteiger charge is -1.93. The number of rotatable bonds is 2. The van der Waals surface area contributed by atoms with Crippen LogP contribution in [0.4, 0.5) is 0 Å². The molecule has 4 aromatic rings. The molecule has 0 bridgehead atoms. The van der Waals surface area contributed by atoms with Crippen molar-refractivity contribution >= 4 is 16.3 Å². The molecule has 0 radical (unpaired) electrons. The third-order valence-corrected chi connectivity index (χ3v) is 3.45. The van der Waals surface area contributed by atoms with Crippen LogP contribution >= 0.6 is 11.3 Å². The summed E-state index contributed by atoms with van der Waals surface area (Å²) in [4.78, 5) is 8.92. The van der Waals surface area contributed by atoms with Crippen LogP contribution in [0.2, 0.25) is 0 Å². The first-order valence-electron chi connectivity index (χ1n) is 5.40. The number of aromatic nitrogens is 8. The van der Waals surface area contributed by atoms with Gasteiger partial charge >= 0.3 is 0 Å². The van der Waals surface area contributed by atoms with Crippen LogP contribution in [0.25, 0.3) is 27.2 Å². The lowest BCUT2D eigenvalue weighted by atomic mass is 10.4. The first-order chi connectivity index (χ1) is 9.42. The van der Waals surface area contributed by atoms with Crippen molar-refractivity contribution in [2.45, 2.75) is 0 Å². The van der Waals surface area contributed by atoms with Gasteiger partial charge in [-0.3, -0.25) is 10.1 Å². The highest BCUT2D eigenvalue weighted by Gasteiger charge is 2.15.